The van der Waals surface area contributed by atoms with Crippen LogP contribution in [0.3, 0.4) is 0 Å². The van der Waals surface area contributed by atoms with E-state index < -0.39 is 26.1 Å². The molecule has 0 bridgehead atoms. The fraction of sp³-hybridized carbons (Fsp3) is 0.192. The molecule has 4 rings (SSSR count). The molecule has 1 amide bonds. The standard InChI is InChI=1S/C26H24FN3O4S/c1-3-18-7-11-21(12-8-18)35(33,34)23-15-30(26-22(25(23)32)13-4-17(2)29-26)16-24(31)28-14-19-5-9-20(27)10-6-19/h4-13,15H,3,14,16H2,1-2H3,(H,28,31). The van der Waals surface area contributed by atoms with Crippen molar-refractivity contribution < 1.29 is 17.6 Å². The Labute approximate surface area is 202 Å². The lowest BCUT2D eigenvalue weighted by Crippen LogP contribution is -2.29. The molecule has 180 valence electrons. The van der Waals surface area contributed by atoms with E-state index in [1.807, 2.05) is 6.92 Å². The molecule has 0 saturated heterocycles. The number of benzene rings is 2. The molecule has 0 aliphatic rings. The Morgan fingerprint density at radius 1 is 1.00 bits per heavy atom. The van der Waals surface area contributed by atoms with Crippen molar-refractivity contribution in [3.8, 4) is 0 Å². The number of amides is 1. The molecule has 0 aliphatic heterocycles. The number of halogens is 1. The van der Waals surface area contributed by atoms with E-state index in [1.54, 1.807) is 37.3 Å². The Hall–Kier alpha value is -3.85. The maximum Gasteiger partial charge on any atom is 0.240 e. The number of aromatic nitrogens is 2. The van der Waals surface area contributed by atoms with E-state index in [9.17, 15) is 22.4 Å². The molecule has 0 atom stereocenters. The van der Waals surface area contributed by atoms with Crippen molar-refractivity contribution in [3.05, 3.63) is 99.7 Å². The quantitative estimate of drug-likeness (QED) is 0.425. The third-order valence-corrected chi connectivity index (χ3v) is 7.44. The van der Waals surface area contributed by atoms with Crippen molar-refractivity contribution in [2.24, 2.45) is 0 Å². The lowest BCUT2D eigenvalue weighted by Gasteiger charge is -2.14. The van der Waals surface area contributed by atoms with E-state index in [0.29, 0.717) is 11.3 Å². The van der Waals surface area contributed by atoms with Gasteiger partial charge in [-0.2, -0.15) is 0 Å². The lowest BCUT2D eigenvalue weighted by atomic mass is 10.2. The Morgan fingerprint density at radius 3 is 2.31 bits per heavy atom. The third kappa shape index (κ3) is 5.14. The predicted octanol–water partition coefficient (Wildman–Crippen LogP) is 3.56. The average molecular weight is 494 g/mol. The third-order valence-electron chi connectivity index (χ3n) is 5.68. The molecule has 7 nitrogen and oxygen atoms in total. The fourth-order valence-electron chi connectivity index (χ4n) is 3.69. The molecule has 0 unspecified atom stereocenters. The van der Waals surface area contributed by atoms with E-state index in [4.69, 9.17) is 0 Å². The maximum absolute atomic E-state index is 13.4. The van der Waals surface area contributed by atoms with Crippen molar-refractivity contribution in [3.63, 3.8) is 0 Å². The van der Waals surface area contributed by atoms with Crippen LogP contribution in [-0.2, 0) is 34.1 Å². The number of nitrogens with zero attached hydrogens (tertiary/aromatic N) is 2. The highest BCUT2D eigenvalue weighted by Gasteiger charge is 2.25. The summed E-state index contributed by atoms with van der Waals surface area (Å²) in [4.78, 5) is 29.9. The van der Waals surface area contributed by atoms with Gasteiger partial charge in [0.05, 0.1) is 10.3 Å². The summed E-state index contributed by atoms with van der Waals surface area (Å²) in [6.45, 7) is 3.61. The van der Waals surface area contributed by atoms with Gasteiger partial charge >= 0.3 is 0 Å². The summed E-state index contributed by atoms with van der Waals surface area (Å²) in [5.41, 5.74) is 1.83. The molecule has 1 N–H and O–H groups in total. The molecule has 35 heavy (non-hydrogen) atoms. The van der Waals surface area contributed by atoms with Gasteiger partial charge in [0, 0.05) is 18.4 Å². The Balaban J connectivity index is 1.72. The second-order valence-electron chi connectivity index (χ2n) is 8.18. The Morgan fingerprint density at radius 2 is 1.66 bits per heavy atom. The first-order chi connectivity index (χ1) is 16.7. The minimum absolute atomic E-state index is 0.00136. The van der Waals surface area contributed by atoms with Crippen molar-refractivity contribution in [2.75, 3.05) is 0 Å². The molecule has 2 aromatic heterocycles. The zero-order valence-electron chi connectivity index (χ0n) is 19.3. The van der Waals surface area contributed by atoms with E-state index in [2.05, 4.69) is 10.3 Å². The second-order valence-corrected chi connectivity index (χ2v) is 10.1. The number of hydrogen-bond acceptors (Lipinski definition) is 5. The van der Waals surface area contributed by atoms with E-state index in [0.717, 1.165) is 12.0 Å². The van der Waals surface area contributed by atoms with Crippen LogP contribution in [0.5, 0.6) is 0 Å². The van der Waals surface area contributed by atoms with Crippen molar-refractivity contribution in [1.82, 2.24) is 14.9 Å². The number of aryl methyl sites for hydroxylation is 2. The summed E-state index contributed by atoms with van der Waals surface area (Å²) in [5.74, 6) is -0.794. The summed E-state index contributed by atoms with van der Waals surface area (Å²) < 4.78 is 41.2. The summed E-state index contributed by atoms with van der Waals surface area (Å²) in [5, 5.41) is 2.83. The molecular formula is C26H24FN3O4S. The molecule has 0 fully saturated rings. The normalized spacial score (nSPS) is 11.5. The van der Waals surface area contributed by atoms with Crippen molar-refractivity contribution in [2.45, 2.75) is 43.1 Å². The smallest absolute Gasteiger partial charge is 0.240 e. The van der Waals surface area contributed by atoms with Gasteiger partial charge in [-0.05, 0) is 60.9 Å². The minimum atomic E-state index is -4.14. The summed E-state index contributed by atoms with van der Waals surface area (Å²) in [7, 11) is -4.14. The van der Waals surface area contributed by atoms with Crippen LogP contribution < -0.4 is 10.7 Å². The van der Waals surface area contributed by atoms with Gasteiger partial charge in [-0.1, -0.05) is 31.2 Å². The Bertz CT molecular complexity index is 1560. The molecule has 2 heterocycles. The fourth-order valence-corrected chi connectivity index (χ4v) is 5.06. The van der Waals surface area contributed by atoms with Gasteiger partial charge in [-0.3, -0.25) is 9.59 Å². The van der Waals surface area contributed by atoms with Crippen LogP contribution in [0.4, 0.5) is 4.39 Å². The SMILES string of the molecule is CCc1ccc(S(=O)(=O)c2cn(CC(=O)NCc3ccc(F)cc3)c3nc(C)ccc3c2=O)cc1. The molecule has 0 aliphatic carbocycles. The van der Waals surface area contributed by atoms with Gasteiger partial charge in [0.15, 0.2) is 0 Å². The monoisotopic (exact) mass is 493 g/mol. The van der Waals surface area contributed by atoms with E-state index in [-0.39, 0.29) is 34.8 Å². The number of hydrogen-bond donors (Lipinski definition) is 1. The van der Waals surface area contributed by atoms with Gasteiger partial charge in [-0.15, -0.1) is 0 Å². The molecule has 9 heteroatoms. The zero-order valence-corrected chi connectivity index (χ0v) is 20.1. The van der Waals surface area contributed by atoms with E-state index >= 15 is 0 Å². The molecular weight excluding hydrogens is 469 g/mol. The van der Waals surface area contributed by atoms with Crippen LogP contribution in [0.15, 0.2) is 81.4 Å². The number of nitrogens with one attached hydrogen (secondary N) is 1. The van der Waals surface area contributed by atoms with Gasteiger partial charge in [-0.25, -0.2) is 17.8 Å². The lowest BCUT2D eigenvalue weighted by molar-refractivity contribution is -0.121. The Kier molecular flexibility index (Phi) is 6.79. The van der Waals surface area contributed by atoms with Crippen LogP contribution in [0.1, 0.15) is 23.7 Å². The van der Waals surface area contributed by atoms with Crippen molar-refractivity contribution in [1.29, 1.82) is 0 Å². The number of carbonyl (C=O) groups excluding carboxylic acids is 1. The summed E-state index contributed by atoms with van der Waals surface area (Å²) >= 11 is 0. The number of fused-ring (bicyclic) bond motifs is 1. The van der Waals surface area contributed by atoms with Crippen LogP contribution in [0.2, 0.25) is 0 Å². The van der Waals surface area contributed by atoms with Crippen LogP contribution in [0.25, 0.3) is 11.0 Å². The minimum Gasteiger partial charge on any atom is -0.350 e. The first-order valence-corrected chi connectivity index (χ1v) is 12.5. The average Bonchev–Trinajstić information content (AvgIpc) is 2.85. The zero-order chi connectivity index (χ0) is 25.2. The van der Waals surface area contributed by atoms with E-state index in [1.165, 1.54) is 41.1 Å². The highest BCUT2D eigenvalue weighted by molar-refractivity contribution is 7.91. The molecule has 0 radical (unpaired) electrons. The van der Waals surface area contributed by atoms with Crippen molar-refractivity contribution >= 4 is 26.8 Å². The number of rotatable bonds is 7. The molecule has 2 aromatic carbocycles. The summed E-state index contributed by atoms with van der Waals surface area (Å²) in [6.07, 6.45) is 1.93. The van der Waals surface area contributed by atoms with Crippen LogP contribution in [0, 0.1) is 12.7 Å². The van der Waals surface area contributed by atoms with Gasteiger partial charge in [0.25, 0.3) is 0 Å². The number of pyridine rings is 2. The van der Waals surface area contributed by atoms with Gasteiger partial charge in [0.2, 0.25) is 21.2 Å². The largest absolute Gasteiger partial charge is 0.350 e. The number of carbonyl (C=O) groups is 1. The summed E-state index contributed by atoms with van der Waals surface area (Å²) in [6, 6.07) is 15.2. The second kappa shape index (κ2) is 9.79. The van der Waals surface area contributed by atoms with Gasteiger partial charge < -0.3 is 9.88 Å². The predicted molar refractivity (Wildman–Crippen MR) is 130 cm³/mol. The van der Waals surface area contributed by atoms with Gasteiger partial charge in [0.1, 0.15) is 22.9 Å². The highest BCUT2D eigenvalue weighted by Crippen LogP contribution is 2.21. The molecule has 0 spiro atoms. The first kappa shape index (κ1) is 24.3. The number of sulfone groups is 1. The van der Waals surface area contributed by atoms with Crippen LogP contribution >= 0.6 is 0 Å². The highest BCUT2D eigenvalue weighted by atomic mass is 32.2. The van der Waals surface area contributed by atoms with Crippen LogP contribution in [-0.4, -0.2) is 23.9 Å². The first-order valence-electron chi connectivity index (χ1n) is 11.0. The topological polar surface area (TPSA) is 98.1 Å². The molecule has 0 saturated carbocycles. The maximum atomic E-state index is 13.4. The molecule has 4 aromatic rings.